The highest BCUT2D eigenvalue weighted by Gasteiger charge is 2.62. The first-order chi connectivity index (χ1) is 14.1. The van der Waals surface area contributed by atoms with Gasteiger partial charge in [-0.2, -0.15) is 0 Å². The number of aliphatic hydroxyl groups is 2. The normalized spacial score (nSPS) is 50.5. The standard InChI is InChI=1S/C28H50O2/c1-17(2)18(3)7-8-19(4)23-11-12-24-22-10-9-20-15-21(29)16-26(30)28(20,6)25(22)13-14-27(23,24)5/h17-26,29-30H,7-16H2,1-6H3/t18-,19+,20-,21+,22-,23+,24-,25-,26-,27+,28-/m0/s1. The van der Waals surface area contributed by atoms with Gasteiger partial charge in [0.1, 0.15) is 0 Å². The first-order valence-corrected chi connectivity index (χ1v) is 13.4. The molecule has 0 radical (unpaired) electrons. The van der Waals surface area contributed by atoms with E-state index >= 15 is 0 Å². The molecular formula is C28H50O2. The Morgan fingerprint density at radius 2 is 1.57 bits per heavy atom. The molecule has 2 nitrogen and oxygen atoms in total. The fourth-order valence-corrected chi connectivity index (χ4v) is 9.33. The molecule has 174 valence electrons. The second-order valence-electron chi connectivity index (χ2n) is 13.2. The minimum Gasteiger partial charge on any atom is -0.393 e. The molecule has 2 heteroatoms. The van der Waals surface area contributed by atoms with E-state index in [0.717, 1.165) is 41.9 Å². The second kappa shape index (κ2) is 8.36. The fraction of sp³-hybridized carbons (Fsp3) is 1.00. The molecule has 4 aliphatic carbocycles. The van der Waals surface area contributed by atoms with Gasteiger partial charge in [-0.25, -0.2) is 0 Å². The average Bonchev–Trinajstić information content (AvgIpc) is 3.04. The molecule has 0 unspecified atom stereocenters. The Kier molecular flexibility index (Phi) is 6.44. The molecule has 0 bridgehead atoms. The van der Waals surface area contributed by atoms with Gasteiger partial charge in [0.25, 0.3) is 0 Å². The summed E-state index contributed by atoms with van der Waals surface area (Å²) in [5.74, 6) is 6.25. The van der Waals surface area contributed by atoms with Crippen molar-refractivity contribution < 1.29 is 10.2 Å². The van der Waals surface area contributed by atoms with Crippen LogP contribution in [0.15, 0.2) is 0 Å². The Bertz CT molecular complexity index is 601. The lowest BCUT2D eigenvalue weighted by Gasteiger charge is -2.62. The van der Waals surface area contributed by atoms with Gasteiger partial charge in [0.05, 0.1) is 12.2 Å². The number of aliphatic hydroxyl groups excluding tert-OH is 2. The van der Waals surface area contributed by atoms with E-state index in [1.165, 1.54) is 51.4 Å². The van der Waals surface area contributed by atoms with E-state index < -0.39 is 0 Å². The number of rotatable bonds is 5. The minimum atomic E-state index is -0.308. The van der Waals surface area contributed by atoms with Crippen LogP contribution in [0.25, 0.3) is 0 Å². The molecule has 4 rings (SSSR count). The Balaban J connectivity index is 1.48. The molecule has 0 aliphatic heterocycles. The predicted octanol–water partition coefficient (Wildman–Crippen LogP) is 6.69. The first kappa shape index (κ1) is 23.1. The third-order valence-electron chi connectivity index (χ3n) is 11.7. The highest BCUT2D eigenvalue weighted by Crippen LogP contribution is 2.68. The maximum atomic E-state index is 11.1. The van der Waals surface area contributed by atoms with Crippen molar-refractivity contribution in [1.82, 2.24) is 0 Å². The molecular weight excluding hydrogens is 368 g/mol. The van der Waals surface area contributed by atoms with Gasteiger partial charge < -0.3 is 10.2 Å². The van der Waals surface area contributed by atoms with Gasteiger partial charge in [-0.1, -0.05) is 54.4 Å². The van der Waals surface area contributed by atoms with Gasteiger partial charge in [0.2, 0.25) is 0 Å². The van der Waals surface area contributed by atoms with Gasteiger partial charge in [-0.05, 0) is 110 Å². The topological polar surface area (TPSA) is 40.5 Å². The first-order valence-electron chi connectivity index (χ1n) is 13.4. The summed E-state index contributed by atoms with van der Waals surface area (Å²) < 4.78 is 0. The minimum absolute atomic E-state index is 0.0415. The van der Waals surface area contributed by atoms with Gasteiger partial charge in [0, 0.05) is 0 Å². The second-order valence-corrected chi connectivity index (χ2v) is 13.2. The van der Waals surface area contributed by atoms with E-state index in [2.05, 4.69) is 41.5 Å². The van der Waals surface area contributed by atoms with Crippen LogP contribution in [-0.4, -0.2) is 22.4 Å². The van der Waals surface area contributed by atoms with E-state index in [-0.39, 0.29) is 17.6 Å². The van der Waals surface area contributed by atoms with Crippen LogP contribution in [0.1, 0.15) is 106 Å². The van der Waals surface area contributed by atoms with E-state index in [9.17, 15) is 10.2 Å². The summed E-state index contributed by atoms with van der Waals surface area (Å²) >= 11 is 0. The van der Waals surface area contributed by atoms with Crippen molar-refractivity contribution >= 4 is 0 Å². The van der Waals surface area contributed by atoms with Crippen molar-refractivity contribution in [3.63, 3.8) is 0 Å². The lowest BCUT2D eigenvalue weighted by atomic mass is 9.43. The summed E-state index contributed by atoms with van der Waals surface area (Å²) in [6, 6.07) is 0. The molecule has 0 saturated heterocycles. The molecule has 30 heavy (non-hydrogen) atoms. The van der Waals surface area contributed by atoms with E-state index in [4.69, 9.17) is 0 Å². The van der Waals surface area contributed by atoms with Crippen molar-refractivity contribution in [2.75, 3.05) is 0 Å². The van der Waals surface area contributed by atoms with E-state index in [1.54, 1.807) is 0 Å². The zero-order chi connectivity index (χ0) is 21.8. The van der Waals surface area contributed by atoms with Crippen molar-refractivity contribution in [2.24, 2.45) is 58.2 Å². The quantitative estimate of drug-likeness (QED) is 0.522. The molecule has 2 N–H and O–H groups in total. The van der Waals surface area contributed by atoms with Crippen molar-refractivity contribution in [3.05, 3.63) is 0 Å². The zero-order valence-electron chi connectivity index (χ0n) is 20.7. The summed E-state index contributed by atoms with van der Waals surface area (Å²) in [5.41, 5.74) is 0.559. The van der Waals surface area contributed by atoms with Crippen LogP contribution in [0.3, 0.4) is 0 Å². The molecule has 0 spiro atoms. The molecule has 0 amide bonds. The number of fused-ring (bicyclic) bond motifs is 5. The van der Waals surface area contributed by atoms with Crippen LogP contribution in [0.4, 0.5) is 0 Å². The van der Waals surface area contributed by atoms with Gasteiger partial charge in [0.15, 0.2) is 0 Å². The Morgan fingerprint density at radius 3 is 2.27 bits per heavy atom. The highest BCUT2D eigenvalue weighted by atomic mass is 16.3. The van der Waals surface area contributed by atoms with Gasteiger partial charge >= 0.3 is 0 Å². The molecule has 4 fully saturated rings. The molecule has 11 atom stereocenters. The van der Waals surface area contributed by atoms with E-state index in [1.807, 2.05) is 0 Å². The zero-order valence-corrected chi connectivity index (χ0v) is 20.7. The van der Waals surface area contributed by atoms with Crippen LogP contribution < -0.4 is 0 Å². The summed E-state index contributed by atoms with van der Waals surface area (Å²) in [6.07, 6.45) is 11.8. The maximum absolute atomic E-state index is 11.1. The number of hydrogen-bond acceptors (Lipinski definition) is 2. The third kappa shape index (κ3) is 3.60. The van der Waals surface area contributed by atoms with Crippen LogP contribution in [0.2, 0.25) is 0 Å². The molecule has 0 heterocycles. The Hall–Kier alpha value is -0.0800. The van der Waals surface area contributed by atoms with Crippen LogP contribution in [-0.2, 0) is 0 Å². The predicted molar refractivity (Wildman–Crippen MR) is 125 cm³/mol. The average molecular weight is 419 g/mol. The fourth-order valence-electron chi connectivity index (χ4n) is 9.33. The van der Waals surface area contributed by atoms with E-state index in [0.29, 0.717) is 23.7 Å². The SMILES string of the molecule is CC(C)[C@@H](C)CC[C@@H](C)[C@H]1CC[C@H]2[C@@H]3CC[C@H]4C[C@@H](O)C[C@H](O)[C@]4(C)[C@H]3CC[C@]12C. The summed E-state index contributed by atoms with van der Waals surface area (Å²) in [6.45, 7) is 14.8. The van der Waals surface area contributed by atoms with Gasteiger partial charge in [-0.15, -0.1) is 0 Å². The lowest BCUT2D eigenvalue weighted by Crippen LogP contribution is -2.59. The van der Waals surface area contributed by atoms with Crippen LogP contribution in [0, 0.1) is 58.2 Å². The molecule has 0 aromatic carbocycles. The maximum Gasteiger partial charge on any atom is 0.0623 e. The third-order valence-corrected chi connectivity index (χ3v) is 11.7. The molecule has 0 aromatic rings. The van der Waals surface area contributed by atoms with Crippen molar-refractivity contribution in [2.45, 2.75) is 118 Å². The van der Waals surface area contributed by atoms with Crippen LogP contribution >= 0.6 is 0 Å². The molecule has 0 aromatic heterocycles. The monoisotopic (exact) mass is 418 g/mol. The largest absolute Gasteiger partial charge is 0.393 e. The summed E-state index contributed by atoms with van der Waals surface area (Å²) in [4.78, 5) is 0. The van der Waals surface area contributed by atoms with Crippen LogP contribution in [0.5, 0.6) is 0 Å². The molecule has 4 aliphatic rings. The van der Waals surface area contributed by atoms with Crippen molar-refractivity contribution in [3.8, 4) is 0 Å². The van der Waals surface area contributed by atoms with Gasteiger partial charge in [-0.3, -0.25) is 0 Å². The number of hydrogen-bond donors (Lipinski definition) is 2. The van der Waals surface area contributed by atoms with Crippen molar-refractivity contribution in [1.29, 1.82) is 0 Å². The molecule has 4 saturated carbocycles. The summed E-state index contributed by atoms with van der Waals surface area (Å²) in [5, 5.41) is 21.4. The highest BCUT2D eigenvalue weighted by molar-refractivity contribution is 5.11. The summed E-state index contributed by atoms with van der Waals surface area (Å²) in [7, 11) is 0. The Morgan fingerprint density at radius 1 is 0.833 bits per heavy atom. The Labute approximate surface area is 186 Å². The smallest absolute Gasteiger partial charge is 0.0623 e. The lowest BCUT2D eigenvalue weighted by molar-refractivity contribution is -0.182.